The minimum Gasteiger partial charge on any atom is -0.476 e. The molecule has 0 aliphatic carbocycles. The average molecular weight is 321 g/mol. The van der Waals surface area contributed by atoms with Crippen LogP contribution in [0.25, 0.3) is 5.76 Å². The molecule has 0 saturated carbocycles. The number of ether oxygens (including phenoxy) is 1. The van der Waals surface area contributed by atoms with Gasteiger partial charge in [0.2, 0.25) is 0 Å². The zero-order chi connectivity index (χ0) is 15.7. The lowest BCUT2D eigenvalue weighted by Gasteiger charge is -2.32. The van der Waals surface area contributed by atoms with E-state index in [9.17, 15) is 13.6 Å². The Bertz CT molecular complexity index is 727. The molecule has 0 N–H and O–H groups in total. The van der Waals surface area contributed by atoms with Crippen LogP contribution in [0.5, 0.6) is 0 Å². The smallest absolute Gasteiger partial charge is 0.350 e. The number of alkyl halides is 2. The second-order valence-electron chi connectivity index (χ2n) is 4.87. The van der Waals surface area contributed by atoms with E-state index in [-0.39, 0.29) is 11.3 Å². The third-order valence-corrected chi connectivity index (χ3v) is 3.75. The second-order valence-corrected chi connectivity index (χ2v) is 5.25. The van der Waals surface area contributed by atoms with Crippen LogP contribution in [0.15, 0.2) is 65.7 Å². The quantitative estimate of drug-likeness (QED) is 0.810. The van der Waals surface area contributed by atoms with Gasteiger partial charge in [-0.15, -0.1) is 0 Å². The molecule has 1 heterocycles. The molecule has 2 nitrogen and oxygen atoms in total. The maximum atomic E-state index is 14.3. The third-order valence-electron chi connectivity index (χ3n) is 3.40. The van der Waals surface area contributed by atoms with E-state index < -0.39 is 22.8 Å². The monoisotopic (exact) mass is 320 g/mol. The van der Waals surface area contributed by atoms with Crippen molar-refractivity contribution in [2.24, 2.45) is 0 Å². The van der Waals surface area contributed by atoms with Gasteiger partial charge in [0, 0.05) is 5.56 Å². The standard InChI is InChI=1S/C17H11ClF2O2/c18-13-14(11-7-3-1-4-8-11)22-16(17(19,20)15(13)21)12-9-5-2-6-10-12/h1-10,16H. The molecule has 0 spiro atoms. The molecule has 112 valence electrons. The van der Waals surface area contributed by atoms with Crippen LogP contribution in [-0.2, 0) is 9.53 Å². The third kappa shape index (κ3) is 2.40. The van der Waals surface area contributed by atoms with Crippen LogP contribution in [0, 0.1) is 0 Å². The Morgan fingerprint density at radius 1 is 0.955 bits per heavy atom. The van der Waals surface area contributed by atoms with Crippen molar-refractivity contribution < 1.29 is 18.3 Å². The van der Waals surface area contributed by atoms with Crippen LogP contribution < -0.4 is 0 Å². The minimum absolute atomic E-state index is 0.0213. The molecule has 0 amide bonds. The number of Topliss-reactive ketones (excluding diaryl/α,β-unsaturated/α-hetero) is 1. The average Bonchev–Trinajstić information content (AvgIpc) is 2.55. The predicted molar refractivity (Wildman–Crippen MR) is 79.4 cm³/mol. The van der Waals surface area contributed by atoms with E-state index in [2.05, 4.69) is 0 Å². The van der Waals surface area contributed by atoms with Crippen molar-refractivity contribution in [3.63, 3.8) is 0 Å². The first-order chi connectivity index (χ1) is 10.5. The summed E-state index contributed by atoms with van der Waals surface area (Å²) in [5.41, 5.74) is 0.704. The summed E-state index contributed by atoms with van der Waals surface area (Å²) in [6, 6.07) is 16.4. The Morgan fingerprint density at radius 2 is 1.50 bits per heavy atom. The summed E-state index contributed by atoms with van der Waals surface area (Å²) in [5, 5.41) is -0.580. The zero-order valence-electron chi connectivity index (χ0n) is 11.3. The lowest BCUT2D eigenvalue weighted by Crippen LogP contribution is -2.41. The van der Waals surface area contributed by atoms with Crippen LogP contribution in [0.2, 0.25) is 0 Å². The van der Waals surface area contributed by atoms with Gasteiger partial charge in [0.15, 0.2) is 6.10 Å². The van der Waals surface area contributed by atoms with Gasteiger partial charge >= 0.3 is 5.92 Å². The van der Waals surface area contributed by atoms with Gasteiger partial charge < -0.3 is 4.74 Å². The van der Waals surface area contributed by atoms with E-state index in [4.69, 9.17) is 16.3 Å². The number of carbonyl (C=O) groups excluding carboxylic acids is 1. The topological polar surface area (TPSA) is 26.3 Å². The van der Waals surface area contributed by atoms with E-state index in [1.165, 1.54) is 12.1 Å². The fourth-order valence-electron chi connectivity index (χ4n) is 2.30. The molecule has 0 fully saturated rings. The SMILES string of the molecule is O=C1C(Cl)=C(c2ccccc2)OC(c2ccccc2)C1(F)F. The van der Waals surface area contributed by atoms with Gasteiger partial charge in [0.05, 0.1) is 0 Å². The highest BCUT2D eigenvalue weighted by Crippen LogP contribution is 2.46. The largest absolute Gasteiger partial charge is 0.476 e. The molecule has 2 aromatic rings. The first-order valence-electron chi connectivity index (χ1n) is 6.61. The molecule has 1 aliphatic heterocycles. The summed E-state index contributed by atoms with van der Waals surface area (Å²) in [5.74, 6) is -5.16. The Morgan fingerprint density at radius 3 is 2.09 bits per heavy atom. The minimum atomic E-state index is -3.71. The van der Waals surface area contributed by atoms with Crippen molar-refractivity contribution >= 4 is 23.1 Å². The van der Waals surface area contributed by atoms with Crippen molar-refractivity contribution in [1.29, 1.82) is 0 Å². The number of halogens is 3. The van der Waals surface area contributed by atoms with Crippen molar-refractivity contribution in [1.82, 2.24) is 0 Å². The summed E-state index contributed by atoms with van der Waals surface area (Å²) in [6.07, 6.45) is -1.70. The molecule has 22 heavy (non-hydrogen) atoms. The Kier molecular flexibility index (Phi) is 3.71. The van der Waals surface area contributed by atoms with Gasteiger partial charge in [-0.3, -0.25) is 4.79 Å². The van der Waals surface area contributed by atoms with Gasteiger partial charge in [-0.2, -0.15) is 8.78 Å². The number of ketones is 1. The molecule has 1 aliphatic rings. The molecular weight excluding hydrogens is 310 g/mol. The van der Waals surface area contributed by atoms with Gasteiger partial charge in [-0.05, 0) is 5.56 Å². The summed E-state index contributed by atoms with van der Waals surface area (Å²) in [7, 11) is 0. The van der Waals surface area contributed by atoms with E-state index >= 15 is 0 Å². The molecule has 0 saturated heterocycles. The maximum Gasteiger partial charge on any atom is 0.350 e. The van der Waals surface area contributed by atoms with E-state index in [1.54, 1.807) is 48.5 Å². The summed E-state index contributed by atoms with van der Waals surface area (Å²) in [6.45, 7) is 0. The van der Waals surface area contributed by atoms with E-state index in [0.29, 0.717) is 5.56 Å². The molecule has 0 radical (unpaired) electrons. The molecule has 0 aromatic heterocycles. The van der Waals surface area contributed by atoms with Crippen molar-refractivity contribution in [2.45, 2.75) is 12.0 Å². The lowest BCUT2D eigenvalue weighted by molar-refractivity contribution is -0.160. The molecule has 1 unspecified atom stereocenters. The Hall–Kier alpha value is -2.20. The number of rotatable bonds is 2. The Balaban J connectivity index is 2.10. The highest BCUT2D eigenvalue weighted by molar-refractivity contribution is 6.46. The van der Waals surface area contributed by atoms with Crippen LogP contribution in [-0.4, -0.2) is 11.7 Å². The Labute approximate surface area is 131 Å². The molecule has 3 rings (SSSR count). The lowest BCUT2D eigenvalue weighted by atomic mass is 9.96. The zero-order valence-corrected chi connectivity index (χ0v) is 12.1. The normalized spacial score (nSPS) is 20.7. The molecule has 2 aromatic carbocycles. The summed E-state index contributed by atoms with van der Waals surface area (Å²) < 4.78 is 34.0. The summed E-state index contributed by atoms with van der Waals surface area (Å²) >= 11 is 5.83. The van der Waals surface area contributed by atoms with Gasteiger partial charge in [0.1, 0.15) is 10.8 Å². The van der Waals surface area contributed by atoms with Gasteiger partial charge in [-0.1, -0.05) is 72.3 Å². The fourth-order valence-corrected chi connectivity index (χ4v) is 2.58. The maximum absolute atomic E-state index is 14.3. The highest BCUT2D eigenvalue weighted by atomic mass is 35.5. The van der Waals surface area contributed by atoms with Crippen molar-refractivity contribution in [3.05, 3.63) is 76.8 Å². The van der Waals surface area contributed by atoms with E-state index in [1.807, 2.05) is 0 Å². The van der Waals surface area contributed by atoms with Crippen LogP contribution in [0.1, 0.15) is 17.2 Å². The molecule has 1 atom stereocenters. The van der Waals surface area contributed by atoms with Crippen molar-refractivity contribution in [3.8, 4) is 0 Å². The first-order valence-corrected chi connectivity index (χ1v) is 6.99. The summed E-state index contributed by atoms with van der Waals surface area (Å²) in [4.78, 5) is 12.0. The number of allylic oxidation sites excluding steroid dienone is 1. The highest BCUT2D eigenvalue weighted by Gasteiger charge is 2.55. The predicted octanol–water partition coefficient (Wildman–Crippen LogP) is 4.57. The molecule has 0 bridgehead atoms. The number of benzene rings is 2. The van der Waals surface area contributed by atoms with Crippen LogP contribution in [0.3, 0.4) is 0 Å². The van der Waals surface area contributed by atoms with Gasteiger partial charge in [0.25, 0.3) is 5.78 Å². The molecular formula is C17H11ClF2O2. The number of hydrogen-bond donors (Lipinski definition) is 0. The number of hydrogen-bond acceptors (Lipinski definition) is 2. The van der Waals surface area contributed by atoms with Crippen LogP contribution in [0.4, 0.5) is 8.78 Å². The second kappa shape index (κ2) is 5.54. The first kappa shape index (κ1) is 14.7. The van der Waals surface area contributed by atoms with Crippen LogP contribution >= 0.6 is 11.6 Å². The number of carbonyl (C=O) groups is 1. The van der Waals surface area contributed by atoms with Gasteiger partial charge in [-0.25, -0.2) is 0 Å². The molecule has 5 heteroatoms. The van der Waals surface area contributed by atoms with E-state index in [0.717, 1.165) is 0 Å². The fraction of sp³-hybridized carbons (Fsp3) is 0.118. The van der Waals surface area contributed by atoms with Crippen molar-refractivity contribution in [2.75, 3.05) is 0 Å².